The average molecular weight is 432 g/mol. The third-order valence-corrected chi connectivity index (χ3v) is 5.43. The first-order chi connectivity index (χ1) is 14.5. The van der Waals surface area contributed by atoms with E-state index in [2.05, 4.69) is 26.9 Å². The molecular formula is C20H25N5O4S. The number of benzene rings is 1. The molecule has 30 heavy (non-hydrogen) atoms. The molecule has 0 bridgehead atoms. The molecule has 0 saturated heterocycles. The number of aryl methyl sites for hydroxylation is 1. The Morgan fingerprint density at radius 1 is 1.33 bits per heavy atom. The van der Waals surface area contributed by atoms with E-state index < -0.39 is 5.97 Å². The van der Waals surface area contributed by atoms with Crippen LogP contribution in [0.3, 0.4) is 0 Å². The molecule has 0 saturated carbocycles. The van der Waals surface area contributed by atoms with Crippen LogP contribution in [-0.2, 0) is 20.8 Å². The number of amides is 2. The van der Waals surface area contributed by atoms with Crippen molar-refractivity contribution < 1.29 is 19.1 Å². The van der Waals surface area contributed by atoms with Crippen molar-refractivity contribution in [3.05, 3.63) is 41.1 Å². The van der Waals surface area contributed by atoms with Gasteiger partial charge in [-0.3, -0.25) is 4.57 Å². The van der Waals surface area contributed by atoms with E-state index in [1.165, 1.54) is 11.8 Å². The summed E-state index contributed by atoms with van der Waals surface area (Å²) in [7, 11) is 1.64. The third kappa shape index (κ3) is 5.19. The topological polar surface area (TPSA) is 107 Å². The Labute approximate surface area is 179 Å². The highest BCUT2D eigenvalue weighted by Crippen LogP contribution is 2.26. The van der Waals surface area contributed by atoms with Crippen LogP contribution in [0.15, 0.2) is 40.7 Å². The lowest BCUT2D eigenvalue weighted by atomic mass is 10.1. The predicted octanol–water partition coefficient (Wildman–Crippen LogP) is 2.12. The van der Waals surface area contributed by atoms with Gasteiger partial charge in [0.25, 0.3) is 0 Å². The quantitative estimate of drug-likeness (QED) is 0.463. The molecular weight excluding hydrogens is 406 g/mol. The first-order valence-corrected chi connectivity index (χ1v) is 10.6. The van der Waals surface area contributed by atoms with Gasteiger partial charge in [0.05, 0.1) is 31.9 Å². The molecule has 10 heteroatoms. The second-order valence-corrected chi connectivity index (χ2v) is 7.54. The molecule has 1 aliphatic rings. The molecule has 0 radical (unpaired) electrons. The Kier molecular flexibility index (Phi) is 7.47. The van der Waals surface area contributed by atoms with Crippen LogP contribution in [0, 0.1) is 6.92 Å². The number of carbonyl (C=O) groups is 2. The lowest BCUT2D eigenvalue weighted by Gasteiger charge is -2.21. The van der Waals surface area contributed by atoms with Gasteiger partial charge in [-0.1, -0.05) is 35.5 Å². The van der Waals surface area contributed by atoms with Gasteiger partial charge in [0.2, 0.25) is 0 Å². The van der Waals surface area contributed by atoms with E-state index in [-0.39, 0.29) is 19.2 Å². The number of rotatable bonds is 9. The van der Waals surface area contributed by atoms with Crippen LogP contribution in [-0.4, -0.2) is 59.4 Å². The third-order valence-electron chi connectivity index (χ3n) is 4.43. The van der Waals surface area contributed by atoms with Crippen LogP contribution in [0.4, 0.5) is 4.79 Å². The van der Waals surface area contributed by atoms with Gasteiger partial charge in [0.15, 0.2) is 11.0 Å². The van der Waals surface area contributed by atoms with Crippen molar-refractivity contribution in [1.29, 1.82) is 0 Å². The molecule has 0 unspecified atom stereocenters. The van der Waals surface area contributed by atoms with Gasteiger partial charge in [0.1, 0.15) is 0 Å². The SMILES string of the molecule is CCOC(=O)C1=C(CSc2nnc(-c3cccc(C)c3)n2CCOC)NC(=O)NC1. The Bertz CT molecular complexity index is 956. The van der Waals surface area contributed by atoms with Crippen LogP contribution in [0.25, 0.3) is 11.4 Å². The molecule has 2 heterocycles. The molecule has 2 N–H and O–H groups in total. The van der Waals surface area contributed by atoms with E-state index in [1.54, 1.807) is 14.0 Å². The van der Waals surface area contributed by atoms with Gasteiger partial charge in [0, 0.05) is 24.1 Å². The molecule has 1 aromatic heterocycles. The molecule has 1 aromatic carbocycles. The zero-order valence-corrected chi connectivity index (χ0v) is 18.0. The second-order valence-electron chi connectivity index (χ2n) is 6.59. The Morgan fingerprint density at radius 3 is 2.90 bits per heavy atom. The van der Waals surface area contributed by atoms with Crippen LogP contribution >= 0.6 is 11.8 Å². The van der Waals surface area contributed by atoms with E-state index in [1.807, 2.05) is 29.7 Å². The minimum absolute atomic E-state index is 0.130. The Morgan fingerprint density at radius 2 is 2.17 bits per heavy atom. The average Bonchev–Trinajstić information content (AvgIpc) is 3.13. The van der Waals surface area contributed by atoms with E-state index in [0.717, 1.165) is 17.0 Å². The normalized spacial score (nSPS) is 13.8. The molecule has 2 amide bonds. The molecule has 0 spiro atoms. The number of hydrogen-bond donors (Lipinski definition) is 2. The summed E-state index contributed by atoms with van der Waals surface area (Å²) in [5.74, 6) is 0.648. The molecule has 160 valence electrons. The van der Waals surface area contributed by atoms with Crippen molar-refractivity contribution in [2.24, 2.45) is 0 Å². The first-order valence-electron chi connectivity index (χ1n) is 9.59. The van der Waals surface area contributed by atoms with Crippen LogP contribution in [0.1, 0.15) is 12.5 Å². The zero-order chi connectivity index (χ0) is 21.5. The number of esters is 1. The number of hydrogen-bond acceptors (Lipinski definition) is 7. The molecule has 1 aliphatic heterocycles. The van der Waals surface area contributed by atoms with Gasteiger partial charge >= 0.3 is 12.0 Å². The second kappa shape index (κ2) is 10.3. The van der Waals surface area contributed by atoms with E-state index >= 15 is 0 Å². The maximum Gasteiger partial charge on any atom is 0.337 e. The summed E-state index contributed by atoms with van der Waals surface area (Å²) in [6.07, 6.45) is 0. The Balaban J connectivity index is 1.86. The molecule has 3 rings (SSSR count). The molecule has 0 fully saturated rings. The van der Waals surface area contributed by atoms with Crippen molar-refractivity contribution in [3.8, 4) is 11.4 Å². The van der Waals surface area contributed by atoms with Crippen LogP contribution in [0.2, 0.25) is 0 Å². The number of thioether (sulfide) groups is 1. The van der Waals surface area contributed by atoms with Crippen molar-refractivity contribution in [2.75, 3.05) is 32.6 Å². The summed E-state index contributed by atoms with van der Waals surface area (Å²) in [6.45, 7) is 5.24. The maximum atomic E-state index is 12.2. The molecule has 0 aliphatic carbocycles. The number of ether oxygens (including phenoxy) is 2. The number of aromatic nitrogens is 3. The highest BCUT2D eigenvalue weighted by atomic mass is 32.2. The summed E-state index contributed by atoms with van der Waals surface area (Å²) in [5, 5.41) is 14.7. The zero-order valence-electron chi connectivity index (χ0n) is 17.2. The van der Waals surface area contributed by atoms with Gasteiger partial charge in [-0.05, 0) is 19.9 Å². The summed E-state index contributed by atoms with van der Waals surface area (Å²) >= 11 is 1.39. The number of carbonyl (C=O) groups excluding carboxylic acids is 2. The fourth-order valence-electron chi connectivity index (χ4n) is 2.98. The summed E-state index contributed by atoms with van der Waals surface area (Å²) in [4.78, 5) is 24.0. The van der Waals surface area contributed by atoms with E-state index in [9.17, 15) is 9.59 Å². The molecule has 0 atom stereocenters. The van der Waals surface area contributed by atoms with E-state index in [4.69, 9.17) is 9.47 Å². The Hall–Kier alpha value is -2.85. The number of methoxy groups -OCH3 is 1. The fraction of sp³-hybridized carbons (Fsp3) is 0.400. The highest BCUT2D eigenvalue weighted by Gasteiger charge is 2.24. The first kappa shape index (κ1) is 21.8. The number of urea groups is 1. The smallest absolute Gasteiger partial charge is 0.337 e. The highest BCUT2D eigenvalue weighted by molar-refractivity contribution is 7.99. The van der Waals surface area contributed by atoms with Gasteiger partial charge in [-0.25, -0.2) is 9.59 Å². The predicted molar refractivity (Wildman–Crippen MR) is 113 cm³/mol. The lowest BCUT2D eigenvalue weighted by Crippen LogP contribution is -2.44. The van der Waals surface area contributed by atoms with Crippen molar-refractivity contribution in [3.63, 3.8) is 0 Å². The largest absolute Gasteiger partial charge is 0.463 e. The summed E-state index contributed by atoms with van der Waals surface area (Å²) in [5.41, 5.74) is 3.02. The molecule has 9 nitrogen and oxygen atoms in total. The minimum Gasteiger partial charge on any atom is -0.463 e. The lowest BCUT2D eigenvalue weighted by molar-refractivity contribution is -0.138. The van der Waals surface area contributed by atoms with Crippen LogP contribution in [0.5, 0.6) is 0 Å². The van der Waals surface area contributed by atoms with Gasteiger partial charge < -0.3 is 20.1 Å². The minimum atomic E-state index is -0.443. The number of nitrogens with one attached hydrogen (secondary N) is 2. The van der Waals surface area contributed by atoms with Crippen molar-refractivity contribution in [1.82, 2.24) is 25.4 Å². The summed E-state index contributed by atoms with van der Waals surface area (Å²) in [6, 6.07) is 7.70. The maximum absolute atomic E-state index is 12.2. The van der Waals surface area contributed by atoms with Crippen molar-refractivity contribution >= 4 is 23.8 Å². The molecule has 2 aromatic rings. The fourth-order valence-corrected chi connectivity index (χ4v) is 3.93. The number of nitrogens with zero attached hydrogens (tertiary/aromatic N) is 3. The van der Waals surface area contributed by atoms with Gasteiger partial charge in [-0.2, -0.15) is 0 Å². The van der Waals surface area contributed by atoms with Gasteiger partial charge in [-0.15, -0.1) is 10.2 Å². The van der Waals surface area contributed by atoms with E-state index in [0.29, 0.717) is 35.3 Å². The van der Waals surface area contributed by atoms with Crippen molar-refractivity contribution in [2.45, 2.75) is 25.5 Å². The van der Waals surface area contributed by atoms with Crippen LogP contribution < -0.4 is 10.6 Å². The monoisotopic (exact) mass is 431 g/mol. The standard InChI is InChI=1S/C20H25N5O4S/c1-4-29-18(26)15-11-21-19(27)22-16(15)12-30-20-24-23-17(25(20)8-9-28-3)14-7-5-6-13(2)10-14/h5-7,10H,4,8-9,11-12H2,1-3H3,(H2,21,22,27). The summed E-state index contributed by atoms with van der Waals surface area (Å²) < 4.78 is 12.3.